The highest BCUT2D eigenvalue weighted by atomic mass is 16.3. The Kier molecular flexibility index (Phi) is 7.04. The molecule has 1 N–H and O–H groups in total. The van der Waals surface area contributed by atoms with E-state index in [4.69, 9.17) is 5.11 Å². The van der Waals surface area contributed by atoms with Crippen molar-refractivity contribution in [3.63, 3.8) is 0 Å². The molecule has 0 amide bonds. The maximum absolute atomic E-state index is 9.06. The Bertz CT molecular complexity index is 308. The van der Waals surface area contributed by atoms with Crippen molar-refractivity contribution >= 4 is 0 Å². The van der Waals surface area contributed by atoms with Gasteiger partial charge in [-0.2, -0.15) is 0 Å². The molecule has 1 aliphatic carbocycles. The number of aliphatic hydroxyl groups excluding tert-OH is 1. The highest BCUT2D eigenvalue weighted by molar-refractivity contribution is 5.29. The van der Waals surface area contributed by atoms with Crippen molar-refractivity contribution in [2.75, 3.05) is 6.61 Å². The largest absolute Gasteiger partial charge is 0.392 e. The van der Waals surface area contributed by atoms with Crippen molar-refractivity contribution in [1.82, 2.24) is 0 Å². The summed E-state index contributed by atoms with van der Waals surface area (Å²) in [5.74, 6) is 1.63. The summed E-state index contributed by atoms with van der Waals surface area (Å²) in [6, 6.07) is 0. The van der Waals surface area contributed by atoms with Gasteiger partial charge in [0.05, 0.1) is 6.61 Å². The second kappa shape index (κ2) is 8.31. The van der Waals surface area contributed by atoms with Gasteiger partial charge in [0.2, 0.25) is 0 Å². The van der Waals surface area contributed by atoms with E-state index in [9.17, 15) is 0 Å². The molecule has 0 aliphatic heterocycles. The SMILES string of the molecule is C=C(/C=C(\C=C/[C@H](C)CC)CCCC1CC1)CO. The van der Waals surface area contributed by atoms with Crippen molar-refractivity contribution in [3.8, 4) is 0 Å². The van der Waals surface area contributed by atoms with Gasteiger partial charge < -0.3 is 5.11 Å². The zero-order valence-corrected chi connectivity index (χ0v) is 12.0. The number of hydrogen-bond acceptors (Lipinski definition) is 1. The first-order chi connectivity index (χ1) is 8.65. The zero-order chi connectivity index (χ0) is 13.4. The molecule has 1 rings (SSSR count). The third-order valence-electron chi connectivity index (χ3n) is 3.65. The second-order valence-electron chi connectivity index (χ2n) is 5.62. The van der Waals surface area contributed by atoms with Gasteiger partial charge in [-0.15, -0.1) is 0 Å². The van der Waals surface area contributed by atoms with E-state index >= 15 is 0 Å². The number of aliphatic hydroxyl groups is 1. The van der Waals surface area contributed by atoms with Crippen LogP contribution >= 0.6 is 0 Å². The average Bonchev–Trinajstić information content (AvgIpc) is 3.19. The van der Waals surface area contributed by atoms with Crippen LogP contribution in [-0.4, -0.2) is 11.7 Å². The summed E-state index contributed by atoms with van der Waals surface area (Å²) in [6.45, 7) is 8.36. The molecule has 1 heteroatoms. The second-order valence-corrected chi connectivity index (χ2v) is 5.62. The minimum atomic E-state index is 0.0588. The van der Waals surface area contributed by atoms with E-state index in [1.165, 1.54) is 37.7 Å². The van der Waals surface area contributed by atoms with Gasteiger partial charge in [-0.25, -0.2) is 0 Å². The summed E-state index contributed by atoms with van der Waals surface area (Å²) in [7, 11) is 0. The van der Waals surface area contributed by atoms with Gasteiger partial charge in [-0.1, -0.05) is 64.3 Å². The molecule has 0 unspecified atom stereocenters. The van der Waals surface area contributed by atoms with Crippen LogP contribution in [0.1, 0.15) is 52.4 Å². The van der Waals surface area contributed by atoms with Crippen molar-refractivity contribution in [2.24, 2.45) is 11.8 Å². The van der Waals surface area contributed by atoms with Gasteiger partial charge in [0.1, 0.15) is 0 Å². The first kappa shape index (κ1) is 15.2. The summed E-state index contributed by atoms with van der Waals surface area (Å²) in [5.41, 5.74) is 2.13. The van der Waals surface area contributed by atoms with Crippen LogP contribution in [0, 0.1) is 11.8 Å². The summed E-state index contributed by atoms with van der Waals surface area (Å²) in [6.07, 6.45) is 14.3. The third kappa shape index (κ3) is 6.80. The predicted molar refractivity (Wildman–Crippen MR) is 79.5 cm³/mol. The van der Waals surface area contributed by atoms with Crippen LogP contribution in [0.2, 0.25) is 0 Å². The van der Waals surface area contributed by atoms with E-state index < -0.39 is 0 Å². The first-order valence-corrected chi connectivity index (χ1v) is 7.33. The molecule has 0 spiro atoms. The quantitative estimate of drug-likeness (QED) is 0.589. The molecular formula is C17H28O. The summed E-state index contributed by atoms with van der Waals surface area (Å²) < 4.78 is 0. The van der Waals surface area contributed by atoms with Crippen LogP contribution in [0.4, 0.5) is 0 Å². The number of hydrogen-bond donors (Lipinski definition) is 1. The first-order valence-electron chi connectivity index (χ1n) is 7.33. The van der Waals surface area contributed by atoms with Crippen LogP contribution in [0.15, 0.2) is 36.0 Å². The van der Waals surface area contributed by atoms with E-state index in [2.05, 4.69) is 32.6 Å². The van der Waals surface area contributed by atoms with Gasteiger partial charge in [0, 0.05) is 0 Å². The van der Waals surface area contributed by atoms with Gasteiger partial charge in [0.25, 0.3) is 0 Å². The fourth-order valence-electron chi connectivity index (χ4n) is 1.94. The van der Waals surface area contributed by atoms with Gasteiger partial charge in [0.15, 0.2) is 0 Å². The van der Waals surface area contributed by atoms with Gasteiger partial charge >= 0.3 is 0 Å². The molecule has 102 valence electrons. The maximum Gasteiger partial charge on any atom is 0.0676 e. The monoisotopic (exact) mass is 248 g/mol. The Labute approximate surface area is 112 Å². The van der Waals surface area contributed by atoms with Crippen molar-refractivity contribution in [3.05, 3.63) is 36.0 Å². The molecule has 0 radical (unpaired) electrons. The van der Waals surface area contributed by atoms with Crippen LogP contribution in [0.5, 0.6) is 0 Å². The molecule has 1 nitrogen and oxygen atoms in total. The Morgan fingerprint density at radius 2 is 2.17 bits per heavy atom. The van der Waals surface area contributed by atoms with Crippen LogP contribution in [0.25, 0.3) is 0 Å². The maximum atomic E-state index is 9.06. The molecule has 18 heavy (non-hydrogen) atoms. The van der Waals surface area contributed by atoms with Crippen LogP contribution in [-0.2, 0) is 0 Å². The highest BCUT2D eigenvalue weighted by Crippen LogP contribution is 2.34. The fourth-order valence-corrected chi connectivity index (χ4v) is 1.94. The van der Waals surface area contributed by atoms with E-state index in [0.29, 0.717) is 5.92 Å². The van der Waals surface area contributed by atoms with Gasteiger partial charge in [-0.3, -0.25) is 0 Å². The lowest BCUT2D eigenvalue weighted by atomic mass is 10.0. The minimum Gasteiger partial charge on any atom is -0.392 e. The Hall–Kier alpha value is -0.820. The van der Waals surface area contributed by atoms with Crippen molar-refractivity contribution in [2.45, 2.75) is 52.4 Å². The zero-order valence-electron chi connectivity index (χ0n) is 12.0. The molecule has 1 atom stereocenters. The topological polar surface area (TPSA) is 20.2 Å². The Morgan fingerprint density at radius 3 is 2.72 bits per heavy atom. The van der Waals surface area contributed by atoms with E-state index in [1.54, 1.807) is 0 Å². The van der Waals surface area contributed by atoms with Crippen molar-refractivity contribution < 1.29 is 5.11 Å². The van der Waals surface area contributed by atoms with E-state index in [0.717, 1.165) is 17.9 Å². The predicted octanol–water partition coefficient (Wildman–Crippen LogP) is 4.64. The smallest absolute Gasteiger partial charge is 0.0676 e. The lowest BCUT2D eigenvalue weighted by Crippen LogP contribution is -1.90. The molecule has 0 aromatic heterocycles. The van der Waals surface area contributed by atoms with Gasteiger partial charge in [-0.05, 0) is 35.8 Å². The number of allylic oxidation sites excluding steroid dienone is 3. The van der Waals surface area contributed by atoms with Crippen LogP contribution in [0.3, 0.4) is 0 Å². The lowest BCUT2D eigenvalue weighted by molar-refractivity contribution is 0.335. The van der Waals surface area contributed by atoms with Crippen molar-refractivity contribution in [1.29, 1.82) is 0 Å². The molecule has 1 aliphatic rings. The normalized spacial score (nSPS) is 18.3. The molecule has 0 saturated heterocycles. The molecule has 0 bridgehead atoms. The summed E-state index contributed by atoms with van der Waals surface area (Å²) in [4.78, 5) is 0. The molecule has 1 saturated carbocycles. The minimum absolute atomic E-state index is 0.0588. The highest BCUT2D eigenvalue weighted by Gasteiger charge is 2.20. The average molecular weight is 248 g/mol. The number of rotatable bonds is 9. The third-order valence-corrected chi connectivity index (χ3v) is 3.65. The van der Waals surface area contributed by atoms with E-state index in [-0.39, 0.29) is 6.61 Å². The standard InChI is InChI=1S/C17H28O/c1-4-14(2)8-9-17(12-15(3)13-18)7-5-6-16-10-11-16/h8-9,12,14,16,18H,3-7,10-11,13H2,1-2H3/b9-8-,17-12-/t14-/m1/s1. The Balaban J connectivity index is 2.46. The summed E-state index contributed by atoms with van der Waals surface area (Å²) >= 11 is 0. The van der Waals surface area contributed by atoms with E-state index in [1.807, 2.05) is 6.08 Å². The molecule has 0 aromatic carbocycles. The van der Waals surface area contributed by atoms with Crippen LogP contribution < -0.4 is 0 Å². The molecule has 0 aromatic rings. The fraction of sp³-hybridized carbons (Fsp3) is 0.647. The Morgan fingerprint density at radius 1 is 1.44 bits per heavy atom. The molecule has 1 fully saturated rings. The summed E-state index contributed by atoms with van der Waals surface area (Å²) in [5, 5.41) is 9.06. The molecular weight excluding hydrogens is 220 g/mol. The molecule has 0 heterocycles. The lowest BCUT2D eigenvalue weighted by Gasteiger charge is -2.05.